The maximum absolute atomic E-state index is 10.5. The quantitative estimate of drug-likeness (QED) is 0.397. The van der Waals surface area contributed by atoms with Crippen LogP contribution in [-0.4, -0.2) is 28.0 Å². The van der Waals surface area contributed by atoms with Gasteiger partial charge in [-0.1, -0.05) is 63.3 Å². The second kappa shape index (κ2) is 12.4. The first-order valence-corrected chi connectivity index (χ1v) is 11.2. The van der Waals surface area contributed by atoms with Crippen molar-refractivity contribution in [3.63, 3.8) is 0 Å². The number of allylic oxidation sites excluding steroid dienone is 3. The Balaban J connectivity index is 2.28. The molecule has 0 aliphatic rings. The second-order valence-corrected chi connectivity index (χ2v) is 7.76. The van der Waals surface area contributed by atoms with Crippen molar-refractivity contribution in [3.05, 3.63) is 76.9 Å². The van der Waals surface area contributed by atoms with Crippen LogP contribution in [0.2, 0.25) is 0 Å². The Hall–Kier alpha value is -2.60. The summed E-state index contributed by atoms with van der Waals surface area (Å²) in [6, 6.07) is 11.3. The maximum Gasteiger partial charge on any atom is 0.168 e. The van der Waals surface area contributed by atoms with E-state index >= 15 is 0 Å². The molecule has 32 heavy (non-hydrogen) atoms. The van der Waals surface area contributed by atoms with Crippen LogP contribution >= 0.6 is 0 Å². The van der Waals surface area contributed by atoms with Crippen LogP contribution in [0.5, 0.6) is 11.5 Å². The minimum Gasteiger partial charge on any atom is -0.492 e. The molecule has 0 bridgehead atoms. The minimum atomic E-state index is -0.788. The Labute approximate surface area is 191 Å². The third kappa shape index (κ3) is 6.45. The van der Waals surface area contributed by atoms with E-state index in [9.17, 15) is 15.3 Å². The summed E-state index contributed by atoms with van der Waals surface area (Å²) in [7, 11) is 1.63. The molecule has 2 rings (SSSR count). The summed E-state index contributed by atoms with van der Waals surface area (Å²) < 4.78 is 11.8. The van der Waals surface area contributed by atoms with E-state index in [1.165, 1.54) is 0 Å². The fourth-order valence-corrected chi connectivity index (χ4v) is 3.55. The lowest BCUT2D eigenvalue weighted by Crippen LogP contribution is -2.22. The molecule has 0 spiro atoms. The van der Waals surface area contributed by atoms with Gasteiger partial charge in [0.25, 0.3) is 0 Å². The lowest BCUT2D eigenvalue weighted by atomic mass is 9.96. The van der Waals surface area contributed by atoms with E-state index < -0.39 is 5.60 Å². The van der Waals surface area contributed by atoms with E-state index in [0.29, 0.717) is 42.1 Å². The van der Waals surface area contributed by atoms with Crippen LogP contribution in [0.3, 0.4) is 0 Å². The predicted octanol–water partition coefficient (Wildman–Crippen LogP) is 5.16. The van der Waals surface area contributed by atoms with Crippen LogP contribution in [0.1, 0.15) is 62.3 Å². The highest BCUT2D eigenvalue weighted by molar-refractivity contribution is 5.74. The van der Waals surface area contributed by atoms with Gasteiger partial charge < -0.3 is 24.8 Å². The van der Waals surface area contributed by atoms with Crippen LogP contribution in [0, 0.1) is 0 Å². The van der Waals surface area contributed by atoms with Gasteiger partial charge in [-0.15, -0.1) is 0 Å². The third-order valence-corrected chi connectivity index (χ3v) is 5.84. The van der Waals surface area contributed by atoms with E-state index in [2.05, 4.69) is 6.92 Å². The number of ether oxygens (including phenoxy) is 2. The monoisotopic (exact) mass is 440 g/mol. The summed E-state index contributed by atoms with van der Waals surface area (Å²) in [5.74, 6) is 1.29. The van der Waals surface area contributed by atoms with E-state index in [1.54, 1.807) is 13.2 Å². The zero-order valence-corrected chi connectivity index (χ0v) is 19.6. The number of aliphatic hydroxyl groups excluding tert-OH is 2. The molecule has 0 aromatic heterocycles. The van der Waals surface area contributed by atoms with Gasteiger partial charge in [0.1, 0.15) is 6.61 Å². The van der Waals surface area contributed by atoms with Gasteiger partial charge in [-0.05, 0) is 53.7 Å². The fourth-order valence-electron chi connectivity index (χ4n) is 3.55. The molecule has 0 heterocycles. The molecule has 3 N–H and O–H groups in total. The van der Waals surface area contributed by atoms with Gasteiger partial charge in [0.15, 0.2) is 11.5 Å². The van der Waals surface area contributed by atoms with Gasteiger partial charge in [0, 0.05) is 5.56 Å². The summed E-state index contributed by atoms with van der Waals surface area (Å²) in [4.78, 5) is 0. The minimum absolute atomic E-state index is 0.110. The van der Waals surface area contributed by atoms with Crippen LogP contribution in [0.25, 0.3) is 5.57 Å². The molecular formula is C27H36O5. The lowest BCUT2D eigenvalue weighted by molar-refractivity contribution is 0.0828. The Kier molecular flexibility index (Phi) is 9.97. The average Bonchev–Trinajstić information content (AvgIpc) is 2.84. The van der Waals surface area contributed by atoms with E-state index in [1.807, 2.05) is 62.4 Å². The van der Waals surface area contributed by atoms with Gasteiger partial charge in [-0.3, -0.25) is 0 Å². The second-order valence-electron chi connectivity index (χ2n) is 7.76. The molecule has 0 saturated heterocycles. The van der Waals surface area contributed by atoms with Gasteiger partial charge in [-0.2, -0.15) is 0 Å². The van der Waals surface area contributed by atoms with Crippen LogP contribution in [0.4, 0.5) is 0 Å². The summed E-state index contributed by atoms with van der Waals surface area (Å²) in [5.41, 5.74) is 3.53. The smallest absolute Gasteiger partial charge is 0.168 e. The largest absolute Gasteiger partial charge is 0.492 e. The summed E-state index contributed by atoms with van der Waals surface area (Å²) >= 11 is 0. The molecule has 0 fully saturated rings. The standard InChI is InChI=1S/C27H36O5/c1-5-21(10-9-15-27(30,6-2)7-3)24-11-8-12-25(26(24)31-4)32-19-20-13-14-22(17-28)23(16-20)18-29/h8-16,28-30H,5-7,17-19H2,1-4H3. The Morgan fingerprint density at radius 1 is 1.00 bits per heavy atom. The van der Waals surface area contributed by atoms with Crippen molar-refractivity contribution in [3.8, 4) is 11.5 Å². The van der Waals surface area contributed by atoms with Gasteiger partial charge in [0.2, 0.25) is 0 Å². The highest BCUT2D eigenvalue weighted by Gasteiger charge is 2.17. The molecule has 0 atom stereocenters. The molecule has 0 aliphatic carbocycles. The van der Waals surface area contributed by atoms with Crippen molar-refractivity contribution < 1.29 is 24.8 Å². The normalized spacial score (nSPS) is 12.4. The maximum atomic E-state index is 10.5. The number of aliphatic hydroxyl groups is 3. The van der Waals surface area contributed by atoms with E-state index in [0.717, 1.165) is 23.1 Å². The van der Waals surface area contributed by atoms with Crippen LogP contribution < -0.4 is 9.47 Å². The Morgan fingerprint density at radius 2 is 1.72 bits per heavy atom. The van der Waals surface area contributed by atoms with Gasteiger partial charge in [0.05, 0.1) is 25.9 Å². The van der Waals surface area contributed by atoms with Crippen molar-refractivity contribution in [2.24, 2.45) is 0 Å². The van der Waals surface area contributed by atoms with E-state index in [-0.39, 0.29) is 13.2 Å². The average molecular weight is 441 g/mol. The Morgan fingerprint density at radius 3 is 2.31 bits per heavy atom. The molecule has 2 aromatic rings. The SMILES string of the molecule is CCC(=CC=CC(O)(CC)CC)c1cccc(OCc2ccc(CO)c(CO)c2)c1OC. The van der Waals surface area contributed by atoms with Crippen molar-refractivity contribution in [2.75, 3.05) is 7.11 Å². The lowest BCUT2D eigenvalue weighted by Gasteiger charge is -2.20. The van der Waals surface area contributed by atoms with Crippen LogP contribution in [0.15, 0.2) is 54.6 Å². The number of benzene rings is 2. The molecule has 0 radical (unpaired) electrons. The molecular weight excluding hydrogens is 404 g/mol. The first kappa shape index (κ1) is 25.7. The number of methoxy groups -OCH3 is 1. The molecule has 2 aromatic carbocycles. The zero-order chi connectivity index (χ0) is 23.6. The molecule has 174 valence electrons. The van der Waals surface area contributed by atoms with E-state index in [4.69, 9.17) is 9.47 Å². The number of hydrogen-bond donors (Lipinski definition) is 3. The zero-order valence-electron chi connectivity index (χ0n) is 19.6. The number of para-hydroxylation sites is 1. The summed E-state index contributed by atoms with van der Waals surface area (Å²) in [5, 5.41) is 29.4. The third-order valence-electron chi connectivity index (χ3n) is 5.84. The van der Waals surface area contributed by atoms with Crippen molar-refractivity contribution in [1.82, 2.24) is 0 Å². The first-order chi connectivity index (χ1) is 15.4. The number of rotatable bonds is 12. The topological polar surface area (TPSA) is 79.2 Å². The van der Waals surface area contributed by atoms with Crippen molar-refractivity contribution in [1.29, 1.82) is 0 Å². The van der Waals surface area contributed by atoms with Crippen molar-refractivity contribution in [2.45, 2.75) is 65.5 Å². The Bertz CT molecular complexity index is 926. The summed E-state index contributed by atoms with van der Waals surface area (Å²) in [6.45, 7) is 6.10. The van der Waals surface area contributed by atoms with Crippen molar-refractivity contribution >= 4 is 5.57 Å². The highest BCUT2D eigenvalue weighted by atomic mass is 16.5. The molecule has 5 nitrogen and oxygen atoms in total. The molecule has 0 aliphatic heterocycles. The highest BCUT2D eigenvalue weighted by Crippen LogP contribution is 2.37. The molecule has 0 unspecified atom stereocenters. The molecule has 0 amide bonds. The molecule has 5 heteroatoms. The van der Waals surface area contributed by atoms with Crippen LogP contribution in [-0.2, 0) is 19.8 Å². The molecule has 0 saturated carbocycles. The first-order valence-electron chi connectivity index (χ1n) is 11.2. The van der Waals surface area contributed by atoms with Gasteiger partial charge >= 0.3 is 0 Å². The predicted molar refractivity (Wildman–Crippen MR) is 129 cm³/mol. The summed E-state index contributed by atoms with van der Waals surface area (Å²) in [6.07, 6.45) is 7.91. The van der Waals surface area contributed by atoms with Gasteiger partial charge in [-0.25, -0.2) is 0 Å². The fraction of sp³-hybridized carbons (Fsp3) is 0.407. The number of hydrogen-bond acceptors (Lipinski definition) is 5.